The van der Waals surface area contributed by atoms with E-state index in [9.17, 15) is 10.5 Å². The Hall–Kier alpha value is -8.38. The minimum Gasteiger partial charge on any atom is -0.308 e. The summed E-state index contributed by atoms with van der Waals surface area (Å²) in [5.74, 6) is 0. The fourth-order valence-electron chi connectivity index (χ4n) is 8.60. The van der Waals surface area contributed by atoms with Gasteiger partial charge in [0, 0.05) is 27.1 Å². The molecule has 0 bridgehead atoms. The SMILES string of the molecule is [C-]#[N+]c1cccc(-c2ccc3c4ccccc4n(-c4cc(C#N)cc(-n5c6ccccc6c6ccc(-c7cccc(C#N)c7)cc65)c4-c4ccccc4C(F)(F)F)c3c2)c1. The Labute approximate surface area is 342 Å². The lowest BCUT2D eigenvalue weighted by atomic mass is 9.94. The van der Waals surface area contributed by atoms with Crippen LogP contribution < -0.4 is 0 Å². The molecule has 0 aliphatic carbocycles. The Morgan fingerprint density at radius 1 is 0.467 bits per heavy atom. The highest BCUT2D eigenvalue weighted by molar-refractivity contribution is 6.13. The van der Waals surface area contributed by atoms with Crippen LogP contribution in [0.1, 0.15) is 16.7 Å². The first kappa shape index (κ1) is 36.0. The van der Waals surface area contributed by atoms with Crippen LogP contribution >= 0.6 is 0 Å². The average molecular weight is 780 g/mol. The molecule has 0 amide bonds. The van der Waals surface area contributed by atoms with Crippen molar-refractivity contribution in [2.75, 3.05) is 0 Å². The molecule has 60 heavy (non-hydrogen) atoms. The number of fused-ring (bicyclic) bond motifs is 6. The highest BCUT2D eigenvalue weighted by atomic mass is 19.4. The van der Waals surface area contributed by atoms with Crippen LogP contribution in [0.5, 0.6) is 0 Å². The number of aromatic nitrogens is 2. The molecule has 10 rings (SSSR count). The fraction of sp³-hybridized carbons (Fsp3) is 0.0192. The molecule has 0 N–H and O–H groups in total. The van der Waals surface area contributed by atoms with Gasteiger partial charge in [0.2, 0.25) is 0 Å². The Bertz CT molecular complexity index is 3330. The second kappa shape index (κ2) is 13.9. The van der Waals surface area contributed by atoms with E-state index in [0.717, 1.165) is 66.4 Å². The Kier molecular flexibility index (Phi) is 8.35. The molecule has 0 aliphatic rings. The van der Waals surface area contributed by atoms with E-state index in [4.69, 9.17) is 6.57 Å². The van der Waals surface area contributed by atoms with Gasteiger partial charge in [0.05, 0.1) is 68.8 Å². The smallest absolute Gasteiger partial charge is 0.308 e. The monoisotopic (exact) mass is 779 g/mol. The predicted octanol–water partition coefficient (Wildman–Crippen LogP) is 14.2. The summed E-state index contributed by atoms with van der Waals surface area (Å²) in [5, 5.41) is 24.0. The van der Waals surface area contributed by atoms with E-state index in [1.807, 2.05) is 130 Å². The van der Waals surface area contributed by atoms with Crippen molar-refractivity contribution in [3.05, 3.63) is 198 Å². The van der Waals surface area contributed by atoms with E-state index < -0.39 is 11.7 Å². The van der Waals surface area contributed by atoms with Crippen LogP contribution in [-0.2, 0) is 6.18 Å². The number of hydrogen-bond donors (Lipinski definition) is 0. The maximum atomic E-state index is 15.3. The van der Waals surface area contributed by atoms with Gasteiger partial charge in [0.25, 0.3) is 0 Å². The summed E-state index contributed by atoms with van der Waals surface area (Å²) >= 11 is 0. The van der Waals surface area contributed by atoms with Crippen molar-refractivity contribution >= 4 is 49.3 Å². The van der Waals surface area contributed by atoms with Crippen LogP contribution in [0.15, 0.2) is 170 Å². The topological polar surface area (TPSA) is 61.8 Å². The quantitative estimate of drug-likeness (QED) is 0.163. The lowest BCUT2D eigenvalue weighted by Crippen LogP contribution is -2.11. The third kappa shape index (κ3) is 5.77. The first-order valence-electron chi connectivity index (χ1n) is 19.1. The highest BCUT2D eigenvalue weighted by Gasteiger charge is 2.35. The van der Waals surface area contributed by atoms with E-state index in [1.54, 1.807) is 30.3 Å². The number of benzene rings is 8. The van der Waals surface area contributed by atoms with Gasteiger partial charge in [-0.1, -0.05) is 109 Å². The largest absolute Gasteiger partial charge is 0.417 e. The molecule has 0 saturated heterocycles. The molecule has 10 aromatic rings. The van der Waals surface area contributed by atoms with Crippen molar-refractivity contribution in [3.63, 3.8) is 0 Å². The average Bonchev–Trinajstić information content (AvgIpc) is 3.80. The second-order valence-corrected chi connectivity index (χ2v) is 14.6. The molecule has 0 fully saturated rings. The van der Waals surface area contributed by atoms with E-state index in [0.29, 0.717) is 28.1 Å². The summed E-state index contributed by atoms with van der Waals surface area (Å²) in [4.78, 5) is 3.63. The molecule has 8 heteroatoms. The summed E-state index contributed by atoms with van der Waals surface area (Å²) in [6.45, 7) is 7.61. The zero-order chi connectivity index (χ0) is 41.1. The van der Waals surface area contributed by atoms with Gasteiger partial charge < -0.3 is 9.13 Å². The van der Waals surface area contributed by atoms with Crippen LogP contribution in [0.2, 0.25) is 0 Å². The fourth-order valence-corrected chi connectivity index (χ4v) is 8.60. The normalized spacial score (nSPS) is 11.5. The summed E-state index contributed by atoms with van der Waals surface area (Å²) in [6, 6.07) is 55.6. The molecule has 0 aliphatic heterocycles. The minimum absolute atomic E-state index is 0.0462. The third-order valence-electron chi connectivity index (χ3n) is 11.2. The van der Waals surface area contributed by atoms with Gasteiger partial charge in [-0.25, -0.2) is 4.85 Å². The van der Waals surface area contributed by atoms with Crippen molar-refractivity contribution in [3.8, 4) is 56.9 Å². The van der Waals surface area contributed by atoms with Crippen molar-refractivity contribution in [1.29, 1.82) is 10.5 Å². The summed E-state index contributed by atoms with van der Waals surface area (Å²) < 4.78 is 49.9. The van der Waals surface area contributed by atoms with Crippen LogP contribution in [-0.4, -0.2) is 9.13 Å². The molecule has 0 unspecified atom stereocenters. The Morgan fingerprint density at radius 2 is 0.967 bits per heavy atom. The molecule has 2 heterocycles. The van der Waals surface area contributed by atoms with Crippen molar-refractivity contribution in [2.24, 2.45) is 0 Å². The summed E-state index contributed by atoms with van der Waals surface area (Å²) in [5.41, 5.74) is 7.62. The number of nitrogens with zero attached hydrogens (tertiary/aromatic N) is 5. The van der Waals surface area contributed by atoms with Crippen LogP contribution in [0, 0.1) is 29.2 Å². The summed E-state index contributed by atoms with van der Waals surface area (Å²) in [6.07, 6.45) is -4.72. The van der Waals surface area contributed by atoms with Gasteiger partial charge in [0.1, 0.15) is 0 Å². The van der Waals surface area contributed by atoms with E-state index in [2.05, 4.69) is 17.0 Å². The molecule has 282 valence electrons. The maximum absolute atomic E-state index is 15.3. The van der Waals surface area contributed by atoms with Crippen LogP contribution in [0.3, 0.4) is 0 Å². The van der Waals surface area contributed by atoms with E-state index in [-0.39, 0.29) is 16.7 Å². The minimum atomic E-state index is -4.72. The molecule has 0 spiro atoms. The molecule has 0 atom stereocenters. The third-order valence-corrected chi connectivity index (χ3v) is 11.2. The highest BCUT2D eigenvalue weighted by Crippen LogP contribution is 2.47. The van der Waals surface area contributed by atoms with E-state index in [1.165, 1.54) is 12.1 Å². The molecular weight excluding hydrogens is 752 g/mol. The van der Waals surface area contributed by atoms with Crippen LogP contribution in [0.25, 0.3) is 93.2 Å². The standard InChI is InChI=1S/C52H28F3N5/c1-58-38-13-9-12-35(27-38)37-21-23-42-40-15-4-7-19-46(40)60(48(42)29-37)50-26-33(31-57)25-49(51(50)43-16-2-5-17-44(43)52(53,54)55)59-45-18-6-3-14-39(45)41-22-20-36(28-47(41)59)34-11-8-10-32(24-34)30-56/h2-29H. The van der Waals surface area contributed by atoms with Gasteiger partial charge in [-0.2, -0.15) is 23.7 Å². The van der Waals surface area contributed by atoms with Gasteiger partial charge in [-0.15, -0.1) is 0 Å². The Balaban J connectivity index is 1.38. The number of hydrogen-bond acceptors (Lipinski definition) is 2. The van der Waals surface area contributed by atoms with Crippen LogP contribution in [0.4, 0.5) is 18.9 Å². The lowest BCUT2D eigenvalue weighted by molar-refractivity contribution is -0.137. The lowest BCUT2D eigenvalue weighted by Gasteiger charge is -2.23. The predicted molar refractivity (Wildman–Crippen MR) is 232 cm³/mol. The molecule has 0 saturated carbocycles. The molecular formula is C52H28F3N5. The molecule has 8 aromatic carbocycles. The van der Waals surface area contributed by atoms with Gasteiger partial charge in [-0.05, 0) is 88.5 Å². The van der Waals surface area contributed by atoms with E-state index >= 15 is 13.2 Å². The number of alkyl halides is 3. The molecule has 2 aromatic heterocycles. The zero-order valence-corrected chi connectivity index (χ0v) is 31.5. The number of nitriles is 2. The number of para-hydroxylation sites is 2. The van der Waals surface area contributed by atoms with Crippen molar-refractivity contribution in [1.82, 2.24) is 9.13 Å². The van der Waals surface area contributed by atoms with Gasteiger partial charge in [-0.3, -0.25) is 0 Å². The van der Waals surface area contributed by atoms with Gasteiger partial charge >= 0.3 is 6.18 Å². The summed E-state index contributed by atoms with van der Waals surface area (Å²) in [7, 11) is 0. The van der Waals surface area contributed by atoms with Crippen molar-refractivity contribution < 1.29 is 13.2 Å². The van der Waals surface area contributed by atoms with Gasteiger partial charge in [0.15, 0.2) is 5.69 Å². The first-order chi connectivity index (χ1) is 29.2. The number of rotatable bonds is 5. The zero-order valence-electron chi connectivity index (χ0n) is 31.5. The first-order valence-corrected chi connectivity index (χ1v) is 19.1. The number of halogens is 3. The molecule has 0 radical (unpaired) electrons. The molecule has 5 nitrogen and oxygen atoms in total. The maximum Gasteiger partial charge on any atom is 0.417 e. The second-order valence-electron chi connectivity index (χ2n) is 14.6. The Morgan fingerprint density at radius 3 is 1.53 bits per heavy atom. The van der Waals surface area contributed by atoms with Crippen molar-refractivity contribution in [2.45, 2.75) is 6.18 Å².